The molecule has 1 aromatic heterocycles. The number of amides is 2. The van der Waals surface area contributed by atoms with Crippen LogP contribution < -0.4 is 10.6 Å². The lowest BCUT2D eigenvalue weighted by Crippen LogP contribution is -2.57. The van der Waals surface area contributed by atoms with E-state index in [4.69, 9.17) is 5.11 Å². The van der Waals surface area contributed by atoms with Crippen molar-refractivity contribution in [3.05, 3.63) is 12.0 Å². The molecule has 1 unspecified atom stereocenters. The number of nitrogens with one attached hydrogen (secondary N) is 2. The molecule has 7 nitrogen and oxygen atoms in total. The third-order valence-corrected chi connectivity index (χ3v) is 4.62. The largest absolute Gasteiger partial charge is 0.481 e. The molecular weight excluding hydrogens is 331 g/mol. The molecule has 0 radical (unpaired) electrons. The van der Waals surface area contributed by atoms with Crippen LogP contribution in [0.25, 0.3) is 0 Å². The molecular formula is C14H18F3N3O4. The van der Waals surface area contributed by atoms with E-state index < -0.39 is 41.2 Å². The van der Waals surface area contributed by atoms with Crippen LogP contribution in [-0.2, 0) is 11.0 Å². The monoisotopic (exact) mass is 349 g/mol. The third kappa shape index (κ3) is 3.46. The van der Waals surface area contributed by atoms with Gasteiger partial charge in [-0.25, -0.2) is 4.79 Å². The van der Waals surface area contributed by atoms with Crippen LogP contribution in [-0.4, -0.2) is 28.1 Å². The highest BCUT2D eigenvalue weighted by atomic mass is 19.4. The predicted octanol–water partition coefficient (Wildman–Crippen LogP) is 2.95. The SMILES string of the molecule is CC(NC(=O)Nc1nc(C(F)(F)F)co1)[C@@H]1C[C@H](C(=O)O)C1(C)C. The molecule has 1 aromatic rings. The quantitative estimate of drug-likeness (QED) is 0.775. The summed E-state index contributed by atoms with van der Waals surface area (Å²) in [5, 5.41) is 13.8. The second kappa shape index (κ2) is 5.99. The molecule has 1 aliphatic rings. The van der Waals surface area contributed by atoms with Crippen molar-refractivity contribution in [1.29, 1.82) is 0 Å². The zero-order valence-corrected chi connectivity index (χ0v) is 13.3. The fourth-order valence-corrected chi connectivity index (χ4v) is 3.13. The number of halogens is 3. The van der Waals surface area contributed by atoms with Gasteiger partial charge in [-0.15, -0.1) is 0 Å². The fourth-order valence-electron chi connectivity index (χ4n) is 3.13. The lowest BCUT2D eigenvalue weighted by molar-refractivity contribution is -0.160. The lowest BCUT2D eigenvalue weighted by atomic mass is 9.53. The minimum absolute atomic E-state index is 0.0698. The molecule has 0 saturated heterocycles. The van der Waals surface area contributed by atoms with Crippen molar-refractivity contribution in [1.82, 2.24) is 10.3 Å². The minimum Gasteiger partial charge on any atom is -0.481 e. The Morgan fingerprint density at radius 3 is 2.54 bits per heavy atom. The summed E-state index contributed by atoms with van der Waals surface area (Å²) in [5.41, 5.74) is -1.74. The number of aliphatic carboxylic acids is 1. The molecule has 3 N–H and O–H groups in total. The van der Waals surface area contributed by atoms with Crippen LogP contribution in [0.1, 0.15) is 32.9 Å². The van der Waals surface area contributed by atoms with Gasteiger partial charge >= 0.3 is 24.2 Å². The van der Waals surface area contributed by atoms with E-state index in [1.165, 1.54) is 0 Å². The van der Waals surface area contributed by atoms with Gasteiger partial charge in [-0.05, 0) is 24.7 Å². The average molecular weight is 349 g/mol. The molecule has 1 heterocycles. The highest BCUT2D eigenvalue weighted by Gasteiger charge is 2.54. The molecule has 0 bridgehead atoms. The Morgan fingerprint density at radius 1 is 1.46 bits per heavy atom. The van der Waals surface area contributed by atoms with Gasteiger partial charge in [-0.1, -0.05) is 13.8 Å². The maximum atomic E-state index is 12.4. The van der Waals surface area contributed by atoms with Gasteiger partial charge in [0.25, 0.3) is 0 Å². The molecule has 0 aromatic carbocycles. The van der Waals surface area contributed by atoms with Crippen molar-refractivity contribution in [3.63, 3.8) is 0 Å². The van der Waals surface area contributed by atoms with Crippen molar-refractivity contribution in [3.8, 4) is 0 Å². The van der Waals surface area contributed by atoms with Gasteiger partial charge in [-0.3, -0.25) is 10.1 Å². The highest BCUT2D eigenvalue weighted by Crippen LogP contribution is 2.52. The minimum atomic E-state index is -4.66. The number of oxazole rings is 1. The highest BCUT2D eigenvalue weighted by molar-refractivity contribution is 5.87. The normalized spacial score (nSPS) is 23.9. The zero-order valence-electron chi connectivity index (χ0n) is 13.3. The average Bonchev–Trinajstić information content (AvgIpc) is 2.84. The second-order valence-corrected chi connectivity index (χ2v) is 6.48. The van der Waals surface area contributed by atoms with Crippen molar-refractivity contribution in [2.75, 3.05) is 5.32 Å². The van der Waals surface area contributed by atoms with Gasteiger partial charge in [0.1, 0.15) is 6.26 Å². The molecule has 2 amide bonds. The standard InChI is InChI=1S/C14H18F3N3O4/c1-6(7-4-8(10(21)22)13(7,2)3)18-11(23)20-12-19-9(5-24-12)14(15,16)17/h5-8H,4H2,1-3H3,(H,21,22)(H2,18,19,20,23)/t6?,7-,8+/m0/s1. The topological polar surface area (TPSA) is 104 Å². The van der Waals surface area contributed by atoms with E-state index in [9.17, 15) is 22.8 Å². The first-order valence-electron chi connectivity index (χ1n) is 7.26. The third-order valence-electron chi connectivity index (χ3n) is 4.62. The Balaban J connectivity index is 1.91. The smallest absolute Gasteiger partial charge is 0.436 e. The van der Waals surface area contributed by atoms with Gasteiger partial charge in [0, 0.05) is 6.04 Å². The van der Waals surface area contributed by atoms with Gasteiger partial charge in [0.2, 0.25) is 0 Å². The number of carbonyl (C=O) groups is 2. The number of carboxylic acid groups (broad SMARTS) is 1. The summed E-state index contributed by atoms with van der Waals surface area (Å²) in [6, 6.07) is -1.70. The van der Waals surface area contributed by atoms with Crippen LogP contribution in [0.2, 0.25) is 0 Å². The molecule has 24 heavy (non-hydrogen) atoms. The van der Waals surface area contributed by atoms with Crippen LogP contribution in [0.4, 0.5) is 24.0 Å². The lowest BCUT2D eigenvalue weighted by Gasteiger charge is -2.52. The number of hydrogen-bond donors (Lipinski definition) is 3. The number of nitrogens with zero attached hydrogens (tertiary/aromatic N) is 1. The molecule has 0 aliphatic heterocycles. The number of alkyl halides is 3. The van der Waals surface area contributed by atoms with E-state index in [1.807, 2.05) is 0 Å². The molecule has 134 valence electrons. The van der Waals surface area contributed by atoms with E-state index in [0.717, 1.165) is 0 Å². The molecule has 1 aliphatic carbocycles. The predicted molar refractivity (Wildman–Crippen MR) is 76.1 cm³/mol. The van der Waals surface area contributed by atoms with E-state index in [1.54, 1.807) is 20.8 Å². The van der Waals surface area contributed by atoms with Gasteiger partial charge in [0.05, 0.1) is 5.92 Å². The van der Waals surface area contributed by atoms with E-state index in [0.29, 0.717) is 12.7 Å². The van der Waals surface area contributed by atoms with Crippen LogP contribution in [0.15, 0.2) is 10.7 Å². The summed E-state index contributed by atoms with van der Waals surface area (Å²) in [6.45, 7) is 5.32. The number of hydrogen-bond acceptors (Lipinski definition) is 4. The first-order chi connectivity index (χ1) is 10.9. The summed E-state index contributed by atoms with van der Waals surface area (Å²) in [6.07, 6.45) is -3.83. The van der Waals surface area contributed by atoms with E-state index >= 15 is 0 Å². The molecule has 1 saturated carbocycles. The van der Waals surface area contributed by atoms with E-state index in [2.05, 4.69) is 20.0 Å². The summed E-state index contributed by atoms with van der Waals surface area (Å²) in [5.74, 6) is -1.44. The fraction of sp³-hybridized carbons (Fsp3) is 0.643. The van der Waals surface area contributed by atoms with Gasteiger partial charge in [-0.2, -0.15) is 18.2 Å². The van der Waals surface area contributed by atoms with Crippen LogP contribution in [0.3, 0.4) is 0 Å². The van der Waals surface area contributed by atoms with Crippen molar-refractivity contribution in [2.45, 2.75) is 39.4 Å². The number of rotatable bonds is 4. The van der Waals surface area contributed by atoms with Crippen molar-refractivity contribution in [2.24, 2.45) is 17.3 Å². The summed E-state index contributed by atoms with van der Waals surface area (Å²) in [4.78, 5) is 26.1. The molecule has 0 spiro atoms. The van der Waals surface area contributed by atoms with Crippen molar-refractivity contribution >= 4 is 18.0 Å². The summed E-state index contributed by atoms with van der Waals surface area (Å²) in [7, 11) is 0. The number of anilines is 1. The number of urea groups is 1. The van der Waals surface area contributed by atoms with E-state index in [-0.39, 0.29) is 12.0 Å². The zero-order chi connectivity index (χ0) is 18.3. The Hall–Kier alpha value is -2.26. The Morgan fingerprint density at radius 2 is 2.08 bits per heavy atom. The van der Waals surface area contributed by atoms with Crippen LogP contribution >= 0.6 is 0 Å². The van der Waals surface area contributed by atoms with Gasteiger partial charge in [0.15, 0.2) is 5.69 Å². The first kappa shape index (κ1) is 18.1. The van der Waals surface area contributed by atoms with Crippen molar-refractivity contribution < 1.29 is 32.3 Å². The second-order valence-electron chi connectivity index (χ2n) is 6.48. The number of carboxylic acids is 1. The summed E-state index contributed by atoms with van der Waals surface area (Å²) < 4.78 is 41.7. The number of carbonyl (C=O) groups excluding carboxylic acids is 1. The first-order valence-corrected chi connectivity index (χ1v) is 7.26. The maximum absolute atomic E-state index is 12.4. The number of aromatic nitrogens is 1. The summed E-state index contributed by atoms with van der Waals surface area (Å²) >= 11 is 0. The van der Waals surface area contributed by atoms with Crippen LogP contribution in [0, 0.1) is 17.3 Å². The van der Waals surface area contributed by atoms with Gasteiger partial charge < -0.3 is 14.8 Å². The Kier molecular flexibility index (Phi) is 4.51. The molecule has 1 fully saturated rings. The maximum Gasteiger partial charge on any atom is 0.436 e. The Bertz CT molecular complexity index is 641. The molecule has 10 heteroatoms. The molecule has 3 atom stereocenters. The molecule has 2 rings (SSSR count). The Labute approximate surface area is 135 Å². The van der Waals surface area contributed by atoms with Crippen LogP contribution in [0.5, 0.6) is 0 Å².